The van der Waals surface area contributed by atoms with Gasteiger partial charge in [0.15, 0.2) is 11.7 Å². The number of nitrogens with zero attached hydrogens (tertiary/aromatic N) is 3. The number of nitrogens with two attached hydrogens (primary N) is 1. The third-order valence-electron chi connectivity index (χ3n) is 4.83. The molecule has 0 unspecified atom stereocenters. The Kier molecular flexibility index (Phi) is 5.49. The van der Waals surface area contributed by atoms with Crippen LogP contribution in [-0.4, -0.2) is 30.1 Å². The van der Waals surface area contributed by atoms with Crippen LogP contribution in [0.1, 0.15) is 30.9 Å². The van der Waals surface area contributed by atoms with Crippen molar-refractivity contribution in [1.82, 2.24) is 10.1 Å². The number of hydrogen-bond donors (Lipinski definition) is 1. The maximum atomic E-state index is 14.8. The fourth-order valence-electron chi connectivity index (χ4n) is 2.89. The lowest BCUT2D eigenvalue weighted by Crippen LogP contribution is -2.30. The average Bonchev–Trinajstić information content (AvgIpc) is 3.16. The summed E-state index contributed by atoms with van der Waals surface area (Å²) in [5, 5.41) is 4.18. The molecule has 0 spiro atoms. The summed E-state index contributed by atoms with van der Waals surface area (Å²) >= 11 is 0. The summed E-state index contributed by atoms with van der Waals surface area (Å²) in [5.41, 5.74) is 8.25. The minimum atomic E-state index is -0.519. The molecule has 0 bridgehead atoms. The number of benzene rings is 2. The van der Waals surface area contributed by atoms with E-state index in [-0.39, 0.29) is 5.82 Å². The van der Waals surface area contributed by atoms with Gasteiger partial charge in [0, 0.05) is 31.1 Å². The number of aromatic nitrogens is 1. The normalized spacial score (nSPS) is 12.2. The van der Waals surface area contributed by atoms with Crippen LogP contribution in [0, 0.1) is 5.82 Å². The minimum Gasteiger partial charge on any atom is -0.370 e. The molecule has 0 aliphatic heterocycles. The Morgan fingerprint density at radius 3 is 2.50 bits per heavy atom. The fourth-order valence-corrected chi connectivity index (χ4v) is 2.89. The van der Waals surface area contributed by atoms with Gasteiger partial charge in [-0.3, -0.25) is 0 Å². The highest BCUT2D eigenvalue weighted by Crippen LogP contribution is 2.34. The van der Waals surface area contributed by atoms with Crippen LogP contribution < -0.4 is 5.73 Å². The summed E-state index contributed by atoms with van der Waals surface area (Å²) in [6, 6.07) is 16.7. The Morgan fingerprint density at radius 1 is 1.14 bits per heavy atom. The molecule has 2 N–H and O–H groups in total. The summed E-state index contributed by atoms with van der Waals surface area (Å²) in [6.45, 7) is 4.28. The molecule has 0 fully saturated rings. The molecule has 2 aromatic carbocycles. The summed E-state index contributed by atoms with van der Waals surface area (Å²) in [5.74, 6) is 0.758. The lowest BCUT2D eigenvalue weighted by Gasteiger charge is -2.23. The maximum absolute atomic E-state index is 14.8. The van der Waals surface area contributed by atoms with Gasteiger partial charge in [0.2, 0.25) is 0 Å². The molecule has 1 aromatic heterocycles. The SMILES string of the molecule is CN(C)C(N)=NCc1cc(C(C)(C)c2ccc(-c3ccccc3)c(F)c2)no1. The molecule has 3 aromatic rings. The van der Waals surface area contributed by atoms with E-state index in [1.54, 1.807) is 11.0 Å². The molecular formula is C22H25FN4O. The molecule has 6 heteroatoms. The standard InChI is InChI=1S/C22H25FN4O/c1-22(2,20-13-17(28-26-20)14-25-21(24)27(3)4)16-10-11-18(19(23)12-16)15-8-6-5-7-9-15/h5-13H,14H2,1-4H3,(H2,24,25). The molecular weight excluding hydrogens is 355 g/mol. The van der Waals surface area contributed by atoms with Crippen LogP contribution in [0.3, 0.4) is 0 Å². The molecule has 0 aliphatic rings. The maximum Gasteiger partial charge on any atom is 0.191 e. The number of halogens is 1. The summed E-state index contributed by atoms with van der Waals surface area (Å²) in [6.07, 6.45) is 0. The van der Waals surface area contributed by atoms with Crippen molar-refractivity contribution >= 4 is 5.96 Å². The van der Waals surface area contributed by atoms with Crippen molar-refractivity contribution in [2.75, 3.05) is 14.1 Å². The van der Waals surface area contributed by atoms with Gasteiger partial charge in [0.05, 0.1) is 5.69 Å². The molecule has 0 saturated carbocycles. The molecule has 5 nitrogen and oxygen atoms in total. The van der Waals surface area contributed by atoms with Crippen LogP contribution in [-0.2, 0) is 12.0 Å². The van der Waals surface area contributed by atoms with Gasteiger partial charge in [-0.25, -0.2) is 9.38 Å². The molecule has 0 atom stereocenters. The summed E-state index contributed by atoms with van der Waals surface area (Å²) < 4.78 is 20.2. The first-order valence-corrected chi connectivity index (χ1v) is 9.08. The topological polar surface area (TPSA) is 67.7 Å². The van der Waals surface area contributed by atoms with E-state index in [4.69, 9.17) is 10.3 Å². The zero-order valence-corrected chi connectivity index (χ0v) is 16.6. The fraction of sp³-hybridized carbons (Fsp3) is 0.273. The molecule has 28 heavy (non-hydrogen) atoms. The smallest absolute Gasteiger partial charge is 0.191 e. The first kappa shape index (κ1) is 19.6. The number of rotatable bonds is 5. The van der Waals surface area contributed by atoms with Crippen LogP contribution >= 0.6 is 0 Å². The largest absolute Gasteiger partial charge is 0.370 e. The Morgan fingerprint density at radius 2 is 1.86 bits per heavy atom. The van der Waals surface area contributed by atoms with E-state index in [0.717, 1.165) is 11.1 Å². The van der Waals surface area contributed by atoms with Crippen molar-refractivity contribution in [1.29, 1.82) is 0 Å². The van der Waals surface area contributed by atoms with E-state index in [1.807, 2.05) is 76.5 Å². The van der Waals surface area contributed by atoms with Gasteiger partial charge in [0.25, 0.3) is 0 Å². The van der Waals surface area contributed by atoms with Gasteiger partial charge < -0.3 is 15.2 Å². The van der Waals surface area contributed by atoms with E-state index in [0.29, 0.717) is 29.5 Å². The highest BCUT2D eigenvalue weighted by molar-refractivity contribution is 5.77. The van der Waals surface area contributed by atoms with Crippen LogP contribution in [0.5, 0.6) is 0 Å². The van der Waals surface area contributed by atoms with Crippen molar-refractivity contribution in [3.63, 3.8) is 0 Å². The van der Waals surface area contributed by atoms with Crippen LogP contribution in [0.4, 0.5) is 4.39 Å². The van der Waals surface area contributed by atoms with Gasteiger partial charge in [-0.2, -0.15) is 0 Å². The summed E-state index contributed by atoms with van der Waals surface area (Å²) in [4.78, 5) is 5.97. The molecule has 1 heterocycles. The first-order chi connectivity index (χ1) is 13.3. The third-order valence-corrected chi connectivity index (χ3v) is 4.83. The second kappa shape index (κ2) is 7.84. The van der Waals surface area contributed by atoms with E-state index in [2.05, 4.69) is 10.1 Å². The lowest BCUT2D eigenvalue weighted by molar-refractivity contribution is 0.368. The van der Waals surface area contributed by atoms with Crippen molar-refractivity contribution in [2.24, 2.45) is 10.7 Å². The quantitative estimate of drug-likeness (QED) is 0.532. The molecule has 0 amide bonds. The molecule has 0 aliphatic carbocycles. The predicted octanol–water partition coefficient (Wildman–Crippen LogP) is 4.18. The van der Waals surface area contributed by atoms with Crippen molar-refractivity contribution < 1.29 is 8.91 Å². The van der Waals surface area contributed by atoms with Crippen molar-refractivity contribution in [3.05, 3.63) is 77.4 Å². The number of hydrogen-bond acceptors (Lipinski definition) is 3. The third kappa shape index (κ3) is 4.06. The van der Waals surface area contributed by atoms with Gasteiger partial charge in [-0.05, 0) is 17.2 Å². The second-order valence-corrected chi connectivity index (χ2v) is 7.43. The van der Waals surface area contributed by atoms with Crippen molar-refractivity contribution in [3.8, 4) is 11.1 Å². The van der Waals surface area contributed by atoms with E-state index in [1.165, 1.54) is 0 Å². The Hall–Kier alpha value is -3.15. The van der Waals surface area contributed by atoms with Crippen LogP contribution in [0.15, 0.2) is 64.1 Å². The number of aliphatic imine (C=N–C) groups is 1. The molecule has 3 rings (SSSR count). The van der Waals surface area contributed by atoms with Crippen LogP contribution in [0.2, 0.25) is 0 Å². The Balaban J connectivity index is 1.85. The van der Waals surface area contributed by atoms with E-state index >= 15 is 0 Å². The zero-order chi connectivity index (χ0) is 20.3. The zero-order valence-electron chi connectivity index (χ0n) is 16.6. The molecule has 0 radical (unpaired) electrons. The van der Waals surface area contributed by atoms with Crippen molar-refractivity contribution in [2.45, 2.75) is 25.8 Å². The van der Waals surface area contributed by atoms with Gasteiger partial charge in [-0.1, -0.05) is 61.5 Å². The minimum absolute atomic E-state index is 0.260. The summed E-state index contributed by atoms with van der Waals surface area (Å²) in [7, 11) is 3.64. The van der Waals surface area contributed by atoms with E-state index in [9.17, 15) is 4.39 Å². The second-order valence-electron chi connectivity index (χ2n) is 7.43. The van der Waals surface area contributed by atoms with Crippen LogP contribution in [0.25, 0.3) is 11.1 Å². The molecule has 146 valence electrons. The highest BCUT2D eigenvalue weighted by atomic mass is 19.1. The Bertz CT molecular complexity index is 977. The number of guanidine groups is 1. The average molecular weight is 380 g/mol. The van der Waals surface area contributed by atoms with Gasteiger partial charge in [0.1, 0.15) is 12.4 Å². The lowest BCUT2D eigenvalue weighted by atomic mass is 9.81. The monoisotopic (exact) mass is 380 g/mol. The molecule has 0 saturated heterocycles. The Labute approximate surface area is 164 Å². The van der Waals surface area contributed by atoms with Gasteiger partial charge >= 0.3 is 0 Å². The van der Waals surface area contributed by atoms with E-state index < -0.39 is 5.41 Å². The first-order valence-electron chi connectivity index (χ1n) is 9.08. The highest BCUT2D eigenvalue weighted by Gasteiger charge is 2.28. The predicted molar refractivity (Wildman–Crippen MR) is 109 cm³/mol. The van der Waals surface area contributed by atoms with Gasteiger partial charge in [-0.15, -0.1) is 0 Å².